The van der Waals surface area contributed by atoms with E-state index in [1.807, 2.05) is 0 Å². The molecular formula is C12H12ClF4NO2. The van der Waals surface area contributed by atoms with Crippen LogP contribution in [0, 0.1) is 5.82 Å². The number of carbonyl (C=O) groups is 1. The van der Waals surface area contributed by atoms with Gasteiger partial charge < -0.3 is 10.5 Å². The Kier molecular flexibility index (Phi) is 5.35. The van der Waals surface area contributed by atoms with Gasteiger partial charge in [-0.15, -0.1) is 11.6 Å². The van der Waals surface area contributed by atoms with Crippen molar-refractivity contribution in [3.05, 3.63) is 35.6 Å². The van der Waals surface area contributed by atoms with E-state index in [4.69, 9.17) is 17.3 Å². The SMILES string of the molecule is NC(CCOC(=O)CCl)(c1ccccc1F)C(F)(F)F. The van der Waals surface area contributed by atoms with Crippen LogP contribution in [0.1, 0.15) is 12.0 Å². The lowest BCUT2D eigenvalue weighted by molar-refractivity contribution is -0.196. The predicted molar refractivity (Wildman–Crippen MR) is 64.6 cm³/mol. The van der Waals surface area contributed by atoms with Gasteiger partial charge in [0.05, 0.1) is 6.61 Å². The molecule has 8 heteroatoms. The van der Waals surface area contributed by atoms with Gasteiger partial charge in [-0.2, -0.15) is 13.2 Å². The second kappa shape index (κ2) is 6.41. The van der Waals surface area contributed by atoms with E-state index in [1.165, 1.54) is 12.1 Å². The summed E-state index contributed by atoms with van der Waals surface area (Å²) < 4.78 is 57.4. The molecule has 3 nitrogen and oxygen atoms in total. The van der Waals surface area contributed by atoms with Gasteiger partial charge in [-0.3, -0.25) is 4.79 Å². The first-order valence-electron chi connectivity index (χ1n) is 5.54. The van der Waals surface area contributed by atoms with Crippen molar-refractivity contribution in [1.29, 1.82) is 0 Å². The molecule has 0 amide bonds. The molecule has 0 aromatic heterocycles. The normalized spacial score (nSPS) is 14.7. The van der Waals surface area contributed by atoms with Crippen LogP contribution in [0.25, 0.3) is 0 Å². The topological polar surface area (TPSA) is 52.3 Å². The number of alkyl halides is 4. The standard InChI is InChI=1S/C12H12ClF4NO2/c13-7-10(19)20-6-5-11(18,12(15,16)17)8-3-1-2-4-9(8)14/h1-4H,5-7,18H2. The Balaban J connectivity index is 3.00. The smallest absolute Gasteiger partial charge is 0.410 e. The summed E-state index contributed by atoms with van der Waals surface area (Å²) in [6.45, 7) is -0.615. The van der Waals surface area contributed by atoms with Crippen LogP contribution < -0.4 is 5.73 Å². The second-order valence-corrected chi connectivity index (χ2v) is 4.32. The third kappa shape index (κ3) is 3.61. The second-order valence-electron chi connectivity index (χ2n) is 4.05. The average molecular weight is 314 g/mol. The van der Waals surface area contributed by atoms with Gasteiger partial charge in [0.1, 0.15) is 17.2 Å². The fourth-order valence-electron chi connectivity index (χ4n) is 1.62. The van der Waals surface area contributed by atoms with Crippen LogP contribution in [-0.2, 0) is 15.1 Å². The maximum atomic E-state index is 13.6. The van der Waals surface area contributed by atoms with Crippen LogP contribution in [-0.4, -0.2) is 24.6 Å². The summed E-state index contributed by atoms with van der Waals surface area (Å²) in [5, 5.41) is 0. The fraction of sp³-hybridized carbons (Fsp3) is 0.417. The summed E-state index contributed by atoms with van der Waals surface area (Å²) in [6, 6.07) is 4.33. The Morgan fingerprint density at radius 1 is 1.30 bits per heavy atom. The number of rotatable bonds is 5. The average Bonchev–Trinajstić information content (AvgIpc) is 2.37. The minimum atomic E-state index is -4.90. The zero-order chi connectivity index (χ0) is 15.4. The molecule has 20 heavy (non-hydrogen) atoms. The zero-order valence-corrected chi connectivity index (χ0v) is 11.0. The number of esters is 1. The molecule has 1 aromatic rings. The van der Waals surface area contributed by atoms with Gasteiger partial charge in [-0.25, -0.2) is 4.39 Å². The number of carbonyl (C=O) groups excluding carboxylic acids is 1. The Labute approximate surface area is 117 Å². The van der Waals surface area contributed by atoms with E-state index in [2.05, 4.69) is 4.74 Å². The third-order valence-corrected chi connectivity index (χ3v) is 2.95. The molecule has 0 fully saturated rings. The number of halogens is 5. The van der Waals surface area contributed by atoms with Crippen LogP contribution in [0.15, 0.2) is 24.3 Å². The molecule has 1 atom stereocenters. The fourth-order valence-corrected chi connectivity index (χ4v) is 1.69. The molecule has 0 spiro atoms. The first-order chi connectivity index (χ1) is 9.22. The molecule has 0 saturated carbocycles. The van der Waals surface area contributed by atoms with Gasteiger partial charge in [-0.05, 0) is 6.07 Å². The van der Waals surface area contributed by atoms with Gasteiger partial charge >= 0.3 is 12.1 Å². The predicted octanol–water partition coefficient (Wildman–Crippen LogP) is 2.71. The summed E-state index contributed by atoms with van der Waals surface area (Å²) in [7, 11) is 0. The quantitative estimate of drug-likeness (QED) is 0.516. The van der Waals surface area contributed by atoms with E-state index in [0.717, 1.165) is 12.1 Å². The number of benzene rings is 1. The molecule has 112 valence electrons. The first-order valence-corrected chi connectivity index (χ1v) is 6.08. The Morgan fingerprint density at radius 3 is 2.40 bits per heavy atom. The van der Waals surface area contributed by atoms with E-state index in [0.29, 0.717) is 0 Å². The number of nitrogens with two attached hydrogens (primary N) is 1. The van der Waals surface area contributed by atoms with Crippen LogP contribution in [0.2, 0.25) is 0 Å². The van der Waals surface area contributed by atoms with Crippen molar-refractivity contribution in [2.45, 2.75) is 18.1 Å². The lowest BCUT2D eigenvalue weighted by Crippen LogP contribution is -2.51. The van der Waals surface area contributed by atoms with Crippen LogP contribution >= 0.6 is 11.6 Å². The van der Waals surface area contributed by atoms with Crippen molar-refractivity contribution >= 4 is 17.6 Å². The minimum absolute atomic E-state index is 0.483. The van der Waals surface area contributed by atoms with Gasteiger partial charge in [-0.1, -0.05) is 18.2 Å². The highest BCUT2D eigenvalue weighted by Gasteiger charge is 2.54. The van der Waals surface area contributed by atoms with Gasteiger partial charge in [0.2, 0.25) is 0 Å². The minimum Gasteiger partial charge on any atom is -0.465 e. The Morgan fingerprint density at radius 2 is 1.90 bits per heavy atom. The molecule has 0 bridgehead atoms. The lowest BCUT2D eigenvalue weighted by Gasteiger charge is -2.32. The van der Waals surface area contributed by atoms with Crippen molar-refractivity contribution in [2.75, 3.05) is 12.5 Å². The molecule has 0 heterocycles. The number of ether oxygens (including phenoxy) is 1. The molecule has 0 aliphatic carbocycles. The third-order valence-electron chi connectivity index (χ3n) is 2.73. The summed E-state index contributed by atoms with van der Waals surface area (Å²) >= 11 is 5.15. The largest absolute Gasteiger partial charge is 0.465 e. The Bertz CT molecular complexity index is 481. The van der Waals surface area contributed by atoms with Crippen molar-refractivity contribution in [2.24, 2.45) is 5.73 Å². The molecule has 0 aliphatic rings. The molecule has 0 aliphatic heterocycles. The summed E-state index contributed by atoms with van der Waals surface area (Å²) in [5.41, 5.74) is 1.70. The molecule has 1 aromatic carbocycles. The van der Waals surface area contributed by atoms with Crippen LogP contribution in [0.3, 0.4) is 0 Å². The van der Waals surface area contributed by atoms with Gasteiger partial charge in [0, 0.05) is 12.0 Å². The summed E-state index contributed by atoms with van der Waals surface area (Å²) in [6.07, 6.45) is -5.71. The van der Waals surface area contributed by atoms with E-state index in [1.54, 1.807) is 0 Å². The molecule has 0 saturated heterocycles. The highest BCUT2D eigenvalue weighted by molar-refractivity contribution is 6.26. The van der Waals surface area contributed by atoms with Crippen molar-refractivity contribution in [3.63, 3.8) is 0 Å². The highest BCUT2D eigenvalue weighted by atomic mass is 35.5. The van der Waals surface area contributed by atoms with Gasteiger partial charge in [0.25, 0.3) is 0 Å². The van der Waals surface area contributed by atoms with Gasteiger partial charge in [0.15, 0.2) is 0 Å². The number of hydrogen-bond acceptors (Lipinski definition) is 3. The summed E-state index contributed by atoms with van der Waals surface area (Å²) in [5.74, 6) is -2.43. The van der Waals surface area contributed by atoms with E-state index >= 15 is 0 Å². The molecule has 1 unspecified atom stereocenters. The van der Waals surface area contributed by atoms with Crippen molar-refractivity contribution < 1.29 is 27.1 Å². The first kappa shape index (κ1) is 16.7. The molecule has 1 rings (SSSR count). The van der Waals surface area contributed by atoms with Crippen molar-refractivity contribution in [3.8, 4) is 0 Å². The lowest BCUT2D eigenvalue weighted by atomic mass is 9.87. The van der Waals surface area contributed by atoms with E-state index in [9.17, 15) is 22.4 Å². The maximum absolute atomic E-state index is 13.6. The summed E-state index contributed by atoms with van der Waals surface area (Å²) in [4.78, 5) is 10.8. The van der Waals surface area contributed by atoms with E-state index < -0.39 is 48.0 Å². The number of hydrogen-bond donors (Lipinski definition) is 1. The highest BCUT2D eigenvalue weighted by Crippen LogP contribution is 2.40. The zero-order valence-electron chi connectivity index (χ0n) is 10.2. The monoisotopic (exact) mass is 313 g/mol. The molecule has 2 N–H and O–H groups in total. The molecular weight excluding hydrogens is 302 g/mol. The van der Waals surface area contributed by atoms with Crippen LogP contribution in [0.4, 0.5) is 17.6 Å². The van der Waals surface area contributed by atoms with Crippen LogP contribution in [0.5, 0.6) is 0 Å². The molecule has 0 radical (unpaired) electrons. The van der Waals surface area contributed by atoms with E-state index in [-0.39, 0.29) is 0 Å². The maximum Gasteiger partial charge on any atom is 0.410 e. The Hall–Kier alpha value is -1.34. The van der Waals surface area contributed by atoms with Crippen molar-refractivity contribution in [1.82, 2.24) is 0 Å².